The summed E-state index contributed by atoms with van der Waals surface area (Å²) in [7, 11) is 2.01. The van der Waals surface area contributed by atoms with E-state index in [1.165, 1.54) is 37.8 Å². The quantitative estimate of drug-likeness (QED) is 0.212. The van der Waals surface area contributed by atoms with Crippen LogP contribution in [0.5, 0.6) is 0 Å². The van der Waals surface area contributed by atoms with Gasteiger partial charge in [-0.1, -0.05) is 43.5 Å². The number of carboxylic acid groups (broad SMARTS) is 1. The second kappa shape index (κ2) is 13.2. The van der Waals surface area contributed by atoms with Gasteiger partial charge < -0.3 is 25.2 Å². The van der Waals surface area contributed by atoms with Gasteiger partial charge in [-0.25, -0.2) is 4.79 Å². The summed E-state index contributed by atoms with van der Waals surface area (Å²) in [6, 6.07) is 18.4. The molecule has 0 unspecified atom stereocenters. The molecule has 3 amide bonds. The largest absolute Gasteiger partial charge is 0.478 e. The standard InChI is InChI=1S/C37H39N5O5/c1-24(43)42-21-19-37(23-42,36(47)39-28-15-11-25(12-16-28)13-18-32(44)45)40-35(46)27-14-17-29-31(22-27)41(2)34(30-10-6-7-20-38-30)33(29)26-8-4-3-5-9-26/h6-7,10-18,20,22,26H,3-5,8-9,19,21,23H2,1-2H3,(H,39,47)(H,40,46)(H,44,45)/b18-13+/t37-/m0/s1. The van der Waals surface area contributed by atoms with Gasteiger partial charge in [0, 0.05) is 54.9 Å². The fraction of sp³-hybridized carbons (Fsp3) is 0.324. The molecule has 2 aromatic heterocycles. The molecule has 0 spiro atoms. The minimum Gasteiger partial charge on any atom is -0.478 e. The number of benzene rings is 2. The van der Waals surface area contributed by atoms with Crippen LogP contribution in [-0.2, 0) is 21.4 Å². The molecule has 10 nitrogen and oxygen atoms in total. The van der Waals surface area contributed by atoms with Crippen molar-refractivity contribution < 1.29 is 24.3 Å². The zero-order valence-corrected chi connectivity index (χ0v) is 26.7. The molecule has 2 aliphatic rings. The van der Waals surface area contributed by atoms with Crippen molar-refractivity contribution in [2.75, 3.05) is 18.4 Å². The first-order valence-corrected chi connectivity index (χ1v) is 16.1. The molecular formula is C37H39N5O5. The summed E-state index contributed by atoms with van der Waals surface area (Å²) in [5, 5.41) is 15.9. The number of aryl methyl sites for hydroxylation is 1. The van der Waals surface area contributed by atoms with Gasteiger partial charge in [-0.3, -0.25) is 19.4 Å². The van der Waals surface area contributed by atoms with Crippen molar-refractivity contribution in [3.05, 3.63) is 89.6 Å². The Morgan fingerprint density at radius 3 is 2.43 bits per heavy atom. The van der Waals surface area contributed by atoms with Gasteiger partial charge in [-0.2, -0.15) is 0 Å². The lowest BCUT2D eigenvalue weighted by molar-refractivity contribution is -0.131. The number of aromatic nitrogens is 2. The Labute approximate surface area is 273 Å². The fourth-order valence-electron chi connectivity index (χ4n) is 7.03. The van der Waals surface area contributed by atoms with E-state index >= 15 is 0 Å². The number of hydrogen-bond donors (Lipinski definition) is 3. The van der Waals surface area contributed by atoms with Gasteiger partial charge >= 0.3 is 5.97 Å². The van der Waals surface area contributed by atoms with E-state index in [1.54, 1.807) is 35.4 Å². The van der Waals surface area contributed by atoms with Crippen LogP contribution in [0.1, 0.15) is 72.9 Å². The third kappa shape index (κ3) is 6.54. The number of nitrogens with one attached hydrogen (secondary N) is 2. The molecule has 1 atom stereocenters. The van der Waals surface area contributed by atoms with E-state index in [-0.39, 0.29) is 18.9 Å². The van der Waals surface area contributed by atoms with E-state index in [0.717, 1.165) is 41.2 Å². The number of nitrogens with zero attached hydrogens (tertiary/aromatic N) is 3. The van der Waals surface area contributed by atoms with E-state index in [0.29, 0.717) is 29.3 Å². The van der Waals surface area contributed by atoms with Crippen LogP contribution in [0, 0.1) is 0 Å². The maximum absolute atomic E-state index is 14.0. The first-order chi connectivity index (χ1) is 22.6. The normalized spacial score (nSPS) is 18.5. The first-order valence-electron chi connectivity index (χ1n) is 16.1. The van der Waals surface area contributed by atoms with Crippen LogP contribution in [0.2, 0.25) is 0 Å². The second-order valence-electron chi connectivity index (χ2n) is 12.6. The number of carboxylic acids is 1. The summed E-state index contributed by atoms with van der Waals surface area (Å²) in [5.74, 6) is -1.65. The van der Waals surface area contributed by atoms with Crippen LogP contribution >= 0.6 is 0 Å². The maximum Gasteiger partial charge on any atom is 0.328 e. The zero-order valence-electron chi connectivity index (χ0n) is 26.7. The highest BCUT2D eigenvalue weighted by molar-refractivity contribution is 6.06. The molecular weight excluding hydrogens is 594 g/mol. The Kier molecular flexibility index (Phi) is 8.93. The number of carbonyl (C=O) groups is 4. The molecule has 0 radical (unpaired) electrons. The topological polar surface area (TPSA) is 134 Å². The molecule has 1 aliphatic carbocycles. The molecule has 4 aromatic rings. The minimum atomic E-state index is -1.35. The van der Waals surface area contributed by atoms with Crippen molar-refractivity contribution in [1.82, 2.24) is 19.8 Å². The van der Waals surface area contributed by atoms with Crippen LogP contribution in [0.25, 0.3) is 28.4 Å². The van der Waals surface area contributed by atoms with E-state index in [4.69, 9.17) is 5.11 Å². The fourth-order valence-corrected chi connectivity index (χ4v) is 7.03. The number of anilines is 1. The maximum atomic E-state index is 14.0. The summed E-state index contributed by atoms with van der Waals surface area (Å²) < 4.78 is 2.13. The van der Waals surface area contributed by atoms with Crippen LogP contribution in [0.3, 0.4) is 0 Å². The Balaban J connectivity index is 1.31. The number of likely N-dealkylation sites (tertiary alicyclic amines) is 1. The van der Waals surface area contributed by atoms with E-state index in [1.807, 2.05) is 43.4 Å². The van der Waals surface area contributed by atoms with Gasteiger partial charge in [0.2, 0.25) is 5.91 Å². The van der Waals surface area contributed by atoms with Crippen molar-refractivity contribution in [2.45, 2.75) is 56.9 Å². The molecule has 10 heteroatoms. The molecule has 1 aliphatic heterocycles. The summed E-state index contributed by atoms with van der Waals surface area (Å²) in [6.45, 7) is 1.82. The zero-order chi connectivity index (χ0) is 33.1. The number of hydrogen-bond acceptors (Lipinski definition) is 5. The lowest BCUT2D eigenvalue weighted by Crippen LogP contribution is -2.58. The van der Waals surface area contributed by atoms with Crippen molar-refractivity contribution in [3.8, 4) is 11.4 Å². The van der Waals surface area contributed by atoms with Crippen molar-refractivity contribution in [3.63, 3.8) is 0 Å². The predicted octanol–water partition coefficient (Wildman–Crippen LogP) is 5.75. The summed E-state index contributed by atoms with van der Waals surface area (Å²) in [4.78, 5) is 57.2. The number of fused-ring (bicyclic) bond motifs is 1. The second-order valence-corrected chi connectivity index (χ2v) is 12.6. The molecule has 2 fully saturated rings. The van der Waals surface area contributed by atoms with Crippen molar-refractivity contribution in [1.29, 1.82) is 0 Å². The SMILES string of the molecule is CC(=O)N1CC[C@@](NC(=O)c2ccc3c(C4CCCCC4)c(-c4ccccn4)n(C)c3c2)(C(=O)Nc2ccc(/C=C/C(=O)O)cc2)C1. The Morgan fingerprint density at radius 2 is 1.77 bits per heavy atom. The van der Waals surface area contributed by atoms with E-state index < -0.39 is 23.3 Å². The smallest absolute Gasteiger partial charge is 0.328 e. The summed E-state index contributed by atoms with van der Waals surface area (Å²) >= 11 is 0. The number of amides is 3. The van der Waals surface area contributed by atoms with Gasteiger partial charge in [0.25, 0.3) is 11.8 Å². The number of carbonyl (C=O) groups excluding carboxylic acids is 3. The van der Waals surface area contributed by atoms with E-state index in [2.05, 4.69) is 20.2 Å². The Hall–Kier alpha value is -5.25. The van der Waals surface area contributed by atoms with Crippen LogP contribution in [-0.4, -0.2) is 61.9 Å². The van der Waals surface area contributed by atoms with Gasteiger partial charge in [-0.05, 0) is 78.8 Å². The number of aliphatic carboxylic acids is 1. The molecule has 47 heavy (non-hydrogen) atoms. The average Bonchev–Trinajstić information content (AvgIpc) is 3.65. The average molecular weight is 634 g/mol. The molecule has 3 heterocycles. The highest BCUT2D eigenvalue weighted by Crippen LogP contribution is 2.43. The summed E-state index contributed by atoms with van der Waals surface area (Å²) in [5.41, 5.74) is 4.38. The highest BCUT2D eigenvalue weighted by atomic mass is 16.4. The van der Waals surface area contributed by atoms with Crippen LogP contribution in [0.4, 0.5) is 5.69 Å². The molecule has 1 saturated heterocycles. The molecule has 1 saturated carbocycles. The Morgan fingerprint density at radius 1 is 1.00 bits per heavy atom. The van der Waals surface area contributed by atoms with Crippen LogP contribution < -0.4 is 10.6 Å². The predicted molar refractivity (Wildman–Crippen MR) is 181 cm³/mol. The van der Waals surface area contributed by atoms with Crippen molar-refractivity contribution in [2.24, 2.45) is 7.05 Å². The van der Waals surface area contributed by atoms with E-state index in [9.17, 15) is 19.2 Å². The first kappa shape index (κ1) is 31.7. The molecule has 3 N–H and O–H groups in total. The monoisotopic (exact) mass is 633 g/mol. The number of pyridine rings is 1. The lowest BCUT2D eigenvalue weighted by atomic mass is 9.82. The molecule has 0 bridgehead atoms. The minimum absolute atomic E-state index is 0.0430. The summed E-state index contributed by atoms with van der Waals surface area (Å²) in [6.07, 6.45) is 10.4. The Bertz CT molecular complexity index is 1860. The van der Waals surface area contributed by atoms with Gasteiger partial charge in [0.1, 0.15) is 5.54 Å². The molecule has 6 rings (SSSR count). The molecule has 2 aromatic carbocycles. The van der Waals surface area contributed by atoms with Gasteiger partial charge in [0.05, 0.1) is 17.9 Å². The van der Waals surface area contributed by atoms with Gasteiger partial charge in [0.15, 0.2) is 0 Å². The van der Waals surface area contributed by atoms with Crippen molar-refractivity contribution >= 4 is 46.4 Å². The third-order valence-corrected chi connectivity index (χ3v) is 9.51. The number of rotatable bonds is 8. The lowest BCUT2D eigenvalue weighted by Gasteiger charge is -2.29. The third-order valence-electron chi connectivity index (χ3n) is 9.51. The van der Waals surface area contributed by atoms with Crippen LogP contribution in [0.15, 0.2) is 72.9 Å². The van der Waals surface area contributed by atoms with Gasteiger partial charge in [-0.15, -0.1) is 0 Å². The molecule has 242 valence electrons. The highest BCUT2D eigenvalue weighted by Gasteiger charge is 2.47.